The first-order chi connectivity index (χ1) is 10.7. The fraction of sp³-hybridized carbons (Fsp3) is 0.375. The third-order valence-corrected chi connectivity index (χ3v) is 5.26. The highest BCUT2D eigenvalue weighted by molar-refractivity contribution is 7.22. The monoisotopic (exact) mass is 314 g/mol. The van der Waals surface area contributed by atoms with Crippen molar-refractivity contribution in [3.63, 3.8) is 0 Å². The fourth-order valence-corrected chi connectivity index (χ4v) is 3.97. The first-order valence-electron chi connectivity index (χ1n) is 7.44. The molecule has 0 aliphatic carbocycles. The van der Waals surface area contributed by atoms with E-state index in [0.717, 1.165) is 36.2 Å². The summed E-state index contributed by atoms with van der Waals surface area (Å²) in [5.41, 5.74) is 3.25. The van der Waals surface area contributed by atoms with Gasteiger partial charge in [-0.25, -0.2) is 9.67 Å². The molecule has 0 radical (unpaired) electrons. The van der Waals surface area contributed by atoms with E-state index in [4.69, 9.17) is 9.72 Å². The maximum Gasteiger partial charge on any atom is 0.188 e. The van der Waals surface area contributed by atoms with Gasteiger partial charge < -0.3 is 9.64 Å². The lowest BCUT2D eigenvalue weighted by molar-refractivity contribution is 0.0398. The lowest BCUT2D eigenvalue weighted by Gasteiger charge is -2.32. The Morgan fingerprint density at radius 3 is 2.86 bits per heavy atom. The van der Waals surface area contributed by atoms with Crippen LogP contribution in [0.3, 0.4) is 0 Å². The molecule has 0 amide bonds. The van der Waals surface area contributed by atoms with Crippen molar-refractivity contribution >= 4 is 26.8 Å². The Morgan fingerprint density at radius 1 is 1.27 bits per heavy atom. The van der Waals surface area contributed by atoms with Gasteiger partial charge in [-0.3, -0.25) is 0 Å². The van der Waals surface area contributed by atoms with Crippen molar-refractivity contribution in [2.75, 3.05) is 24.6 Å². The number of thiazole rings is 1. The number of anilines is 1. The minimum Gasteiger partial charge on any atom is -0.370 e. The molecule has 1 aliphatic rings. The molecule has 1 aromatic carbocycles. The van der Waals surface area contributed by atoms with Crippen LogP contribution in [0.25, 0.3) is 10.3 Å². The number of hydrogen-bond acceptors (Lipinski definition) is 5. The van der Waals surface area contributed by atoms with E-state index in [1.165, 1.54) is 10.3 Å². The van der Waals surface area contributed by atoms with Crippen molar-refractivity contribution in [1.82, 2.24) is 14.8 Å². The molecular weight excluding hydrogens is 296 g/mol. The average molecular weight is 314 g/mol. The Morgan fingerprint density at radius 2 is 2.09 bits per heavy atom. The predicted molar refractivity (Wildman–Crippen MR) is 88.5 cm³/mol. The molecule has 0 saturated carbocycles. The van der Waals surface area contributed by atoms with Gasteiger partial charge in [0.1, 0.15) is 6.10 Å². The molecule has 114 valence electrons. The predicted octanol–water partition coefficient (Wildman–Crippen LogP) is 2.92. The highest BCUT2D eigenvalue weighted by atomic mass is 32.1. The van der Waals surface area contributed by atoms with Crippen LogP contribution in [0.1, 0.15) is 17.4 Å². The van der Waals surface area contributed by atoms with Gasteiger partial charge in [0.25, 0.3) is 0 Å². The van der Waals surface area contributed by atoms with E-state index in [0.29, 0.717) is 0 Å². The van der Waals surface area contributed by atoms with Crippen LogP contribution < -0.4 is 4.90 Å². The maximum atomic E-state index is 5.94. The molecule has 5 nitrogen and oxygen atoms in total. The second-order valence-corrected chi connectivity index (χ2v) is 6.55. The summed E-state index contributed by atoms with van der Waals surface area (Å²) >= 11 is 1.72. The van der Waals surface area contributed by atoms with E-state index in [1.54, 1.807) is 11.3 Å². The van der Waals surface area contributed by atoms with Gasteiger partial charge in [-0.1, -0.05) is 41.7 Å². The Kier molecular flexibility index (Phi) is 3.35. The highest BCUT2D eigenvalue weighted by Gasteiger charge is 2.25. The zero-order chi connectivity index (χ0) is 15.1. The number of morpholine rings is 1. The van der Waals surface area contributed by atoms with Gasteiger partial charge in [-0.2, -0.15) is 5.10 Å². The minimum absolute atomic E-state index is 0.112. The molecule has 1 atom stereocenters. The van der Waals surface area contributed by atoms with Gasteiger partial charge in [0.15, 0.2) is 10.8 Å². The molecule has 0 unspecified atom stereocenters. The number of fused-ring (bicyclic) bond motifs is 1. The van der Waals surface area contributed by atoms with Crippen molar-refractivity contribution in [1.29, 1.82) is 0 Å². The SMILES string of the molecule is Cc1nn(C)c2nc(N3CCO[C@H](c4ccccc4)C3)sc12. The molecule has 0 bridgehead atoms. The first-order valence-corrected chi connectivity index (χ1v) is 8.25. The van der Waals surface area contributed by atoms with Gasteiger partial charge in [0.2, 0.25) is 0 Å². The van der Waals surface area contributed by atoms with Crippen molar-refractivity contribution < 1.29 is 4.74 Å². The Labute approximate surface area is 133 Å². The van der Waals surface area contributed by atoms with Crippen LogP contribution in [0.15, 0.2) is 30.3 Å². The zero-order valence-electron chi connectivity index (χ0n) is 12.7. The van der Waals surface area contributed by atoms with E-state index in [1.807, 2.05) is 24.7 Å². The van der Waals surface area contributed by atoms with Crippen molar-refractivity contribution in [2.45, 2.75) is 13.0 Å². The first kappa shape index (κ1) is 13.7. The zero-order valence-corrected chi connectivity index (χ0v) is 13.5. The molecule has 1 saturated heterocycles. The van der Waals surface area contributed by atoms with Gasteiger partial charge in [0.05, 0.1) is 23.5 Å². The summed E-state index contributed by atoms with van der Waals surface area (Å²) in [5, 5.41) is 5.49. The van der Waals surface area contributed by atoms with Crippen LogP contribution in [0.4, 0.5) is 5.13 Å². The number of hydrogen-bond donors (Lipinski definition) is 0. The molecule has 0 spiro atoms. The summed E-state index contributed by atoms with van der Waals surface area (Å²) in [7, 11) is 1.95. The standard InChI is InChI=1S/C16H18N4OS/c1-11-14-15(19(2)18-11)17-16(22-14)20-8-9-21-13(10-20)12-6-4-3-5-7-12/h3-7,13H,8-10H2,1-2H3/t13-/m0/s1. The lowest BCUT2D eigenvalue weighted by Crippen LogP contribution is -2.38. The average Bonchev–Trinajstić information content (AvgIpc) is 3.11. The Balaban J connectivity index is 1.62. The van der Waals surface area contributed by atoms with Crippen LogP contribution in [0.5, 0.6) is 0 Å². The molecule has 3 aromatic rings. The lowest BCUT2D eigenvalue weighted by atomic mass is 10.1. The van der Waals surface area contributed by atoms with Crippen LogP contribution in [0.2, 0.25) is 0 Å². The van der Waals surface area contributed by atoms with Gasteiger partial charge in [0, 0.05) is 13.6 Å². The summed E-state index contributed by atoms with van der Waals surface area (Å²) in [6.45, 7) is 4.50. The summed E-state index contributed by atoms with van der Waals surface area (Å²) in [4.78, 5) is 7.10. The van der Waals surface area contributed by atoms with Crippen molar-refractivity contribution in [3.8, 4) is 0 Å². The molecule has 1 fully saturated rings. The fourth-order valence-electron chi connectivity index (χ4n) is 2.90. The summed E-state index contributed by atoms with van der Waals surface area (Å²) in [6, 6.07) is 10.4. The number of rotatable bonds is 2. The largest absolute Gasteiger partial charge is 0.370 e. The van der Waals surface area contributed by atoms with Gasteiger partial charge >= 0.3 is 0 Å². The summed E-state index contributed by atoms with van der Waals surface area (Å²) in [5.74, 6) is 0. The van der Waals surface area contributed by atoms with Gasteiger partial charge in [-0.15, -0.1) is 0 Å². The Bertz CT molecular complexity index is 761. The third-order valence-electron chi connectivity index (χ3n) is 4.04. The van der Waals surface area contributed by atoms with E-state index < -0.39 is 0 Å². The molecule has 4 rings (SSSR count). The van der Waals surface area contributed by atoms with E-state index in [-0.39, 0.29) is 6.10 Å². The molecule has 1 aliphatic heterocycles. The number of aryl methyl sites for hydroxylation is 2. The number of nitrogens with zero attached hydrogens (tertiary/aromatic N) is 4. The minimum atomic E-state index is 0.112. The molecule has 6 heteroatoms. The van der Waals surface area contributed by atoms with E-state index in [9.17, 15) is 0 Å². The smallest absolute Gasteiger partial charge is 0.188 e. The summed E-state index contributed by atoms with van der Waals surface area (Å²) < 4.78 is 8.98. The summed E-state index contributed by atoms with van der Waals surface area (Å²) in [6.07, 6.45) is 0.112. The number of benzene rings is 1. The topological polar surface area (TPSA) is 43.2 Å². The van der Waals surface area contributed by atoms with Crippen LogP contribution in [-0.4, -0.2) is 34.5 Å². The van der Waals surface area contributed by atoms with Crippen molar-refractivity contribution in [3.05, 3.63) is 41.6 Å². The molecule has 22 heavy (non-hydrogen) atoms. The van der Waals surface area contributed by atoms with E-state index >= 15 is 0 Å². The third kappa shape index (κ3) is 2.28. The molecule has 3 heterocycles. The second kappa shape index (κ2) is 5.37. The molecule has 0 N–H and O–H groups in total. The Hall–Kier alpha value is -1.92. The quantitative estimate of drug-likeness (QED) is 0.729. The maximum absolute atomic E-state index is 5.94. The second-order valence-electron chi connectivity index (χ2n) is 5.57. The molecular formula is C16H18N4OS. The normalized spacial score (nSPS) is 19.0. The van der Waals surface area contributed by atoms with Gasteiger partial charge in [-0.05, 0) is 12.5 Å². The van der Waals surface area contributed by atoms with Crippen molar-refractivity contribution in [2.24, 2.45) is 7.05 Å². The van der Waals surface area contributed by atoms with Crippen LogP contribution in [0, 0.1) is 6.92 Å². The number of ether oxygens (including phenoxy) is 1. The molecule has 2 aromatic heterocycles. The van der Waals surface area contributed by atoms with Crippen LogP contribution >= 0.6 is 11.3 Å². The van der Waals surface area contributed by atoms with Crippen LogP contribution in [-0.2, 0) is 11.8 Å². The highest BCUT2D eigenvalue weighted by Crippen LogP contribution is 2.33. The van der Waals surface area contributed by atoms with E-state index in [2.05, 4.69) is 34.3 Å². The number of aromatic nitrogens is 3.